The Hall–Kier alpha value is -2.66. The summed E-state index contributed by atoms with van der Waals surface area (Å²) in [5, 5.41) is 4.75. The molecule has 1 saturated carbocycles. The van der Waals surface area contributed by atoms with Crippen LogP contribution in [-0.4, -0.2) is 39.4 Å². The first-order valence-corrected chi connectivity index (χ1v) is 10.3. The fourth-order valence-electron chi connectivity index (χ4n) is 4.31. The third-order valence-electron chi connectivity index (χ3n) is 5.77. The molecule has 5 heteroatoms. The second-order valence-electron chi connectivity index (χ2n) is 7.62. The van der Waals surface area contributed by atoms with Gasteiger partial charge in [-0.3, -0.25) is 9.78 Å². The number of aromatic amines is 1. The van der Waals surface area contributed by atoms with Crippen LogP contribution in [-0.2, 0) is 6.54 Å². The van der Waals surface area contributed by atoms with Crippen LogP contribution in [0.15, 0.2) is 54.9 Å². The molecule has 3 aromatic rings. The van der Waals surface area contributed by atoms with Gasteiger partial charge in [0.1, 0.15) is 5.69 Å². The number of H-pyrrole nitrogens is 1. The Bertz CT molecular complexity index is 888. The van der Waals surface area contributed by atoms with Crippen molar-refractivity contribution in [1.29, 1.82) is 0 Å². The maximum atomic E-state index is 13.2. The molecule has 1 amide bonds. The Morgan fingerprint density at radius 1 is 1.25 bits per heavy atom. The first-order valence-electron chi connectivity index (χ1n) is 10.3. The third kappa shape index (κ3) is 4.09. The Morgan fingerprint density at radius 3 is 2.93 bits per heavy atom. The molecule has 0 aliphatic heterocycles. The van der Waals surface area contributed by atoms with E-state index in [0.717, 1.165) is 49.7 Å². The fourth-order valence-corrected chi connectivity index (χ4v) is 4.31. The topological polar surface area (TPSA) is 61.0 Å². The lowest BCUT2D eigenvalue weighted by Gasteiger charge is -2.37. The number of rotatable bonds is 6. The van der Waals surface area contributed by atoms with Crippen LogP contribution in [0.1, 0.15) is 48.7 Å². The zero-order valence-electron chi connectivity index (χ0n) is 16.4. The maximum Gasteiger partial charge on any atom is 0.270 e. The summed E-state index contributed by atoms with van der Waals surface area (Å²) in [6.07, 6.45) is 8.09. The number of nitrogens with zero attached hydrogens (tertiary/aromatic N) is 2. The predicted molar refractivity (Wildman–Crippen MR) is 112 cm³/mol. The summed E-state index contributed by atoms with van der Waals surface area (Å²) in [5.41, 5.74) is 2.90. The Kier molecular flexibility index (Phi) is 5.72. The van der Waals surface area contributed by atoms with Gasteiger partial charge in [0.15, 0.2) is 0 Å². The van der Waals surface area contributed by atoms with Crippen molar-refractivity contribution in [3.05, 3.63) is 66.1 Å². The van der Waals surface area contributed by atoms with Crippen molar-refractivity contribution in [2.45, 2.75) is 51.2 Å². The molecule has 1 aromatic carbocycles. The van der Waals surface area contributed by atoms with E-state index in [1.165, 1.54) is 5.56 Å². The first-order chi connectivity index (χ1) is 13.7. The zero-order valence-corrected chi connectivity index (χ0v) is 16.4. The number of amides is 1. The molecular formula is C23H28N4O. The van der Waals surface area contributed by atoms with E-state index >= 15 is 0 Å². The third-order valence-corrected chi connectivity index (χ3v) is 5.77. The van der Waals surface area contributed by atoms with E-state index in [1.807, 2.05) is 47.5 Å². The number of hydrogen-bond donors (Lipinski definition) is 2. The molecule has 2 N–H and O–H groups in total. The summed E-state index contributed by atoms with van der Waals surface area (Å²) < 4.78 is 0. The van der Waals surface area contributed by atoms with Crippen molar-refractivity contribution >= 4 is 16.8 Å². The van der Waals surface area contributed by atoms with Crippen molar-refractivity contribution in [3.8, 4) is 0 Å². The number of benzene rings is 1. The van der Waals surface area contributed by atoms with Gasteiger partial charge in [0.2, 0.25) is 0 Å². The summed E-state index contributed by atoms with van der Waals surface area (Å²) in [5.74, 6) is 0.108. The summed E-state index contributed by atoms with van der Waals surface area (Å²) in [4.78, 5) is 22.7. The number of para-hydroxylation sites is 1. The SMILES string of the molecule is CCN(C(=O)c1cc2ccccc2[nH]1)[C@H]1CCCC(NCc2cccnc2)C1. The molecule has 1 aliphatic rings. The molecule has 2 atom stereocenters. The minimum absolute atomic E-state index is 0.108. The lowest BCUT2D eigenvalue weighted by atomic mass is 9.89. The highest BCUT2D eigenvalue weighted by Crippen LogP contribution is 2.25. The van der Waals surface area contributed by atoms with Gasteiger partial charge in [-0.2, -0.15) is 0 Å². The Morgan fingerprint density at radius 2 is 2.14 bits per heavy atom. The van der Waals surface area contributed by atoms with Gasteiger partial charge >= 0.3 is 0 Å². The van der Waals surface area contributed by atoms with Crippen LogP contribution in [0.4, 0.5) is 0 Å². The van der Waals surface area contributed by atoms with E-state index in [9.17, 15) is 4.79 Å². The lowest BCUT2D eigenvalue weighted by molar-refractivity contribution is 0.0623. The highest BCUT2D eigenvalue weighted by Gasteiger charge is 2.29. The average Bonchev–Trinajstić information content (AvgIpc) is 3.18. The molecule has 4 rings (SSSR count). The Labute approximate surface area is 166 Å². The zero-order chi connectivity index (χ0) is 19.3. The van der Waals surface area contributed by atoms with Crippen LogP contribution in [0.5, 0.6) is 0 Å². The molecule has 0 radical (unpaired) electrons. The lowest BCUT2D eigenvalue weighted by Crippen LogP contribution is -2.46. The van der Waals surface area contributed by atoms with Gasteiger partial charge in [-0.15, -0.1) is 0 Å². The minimum Gasteiger partial charge on any atom is -0.351 e. The highest BCUT2D eigenvalue weighted by atomic mass is 16.2. The summed E-state index contributed by atoms with van der Waals surface area (Å²) in [6, 6.07) is 14.8. The van der Waals surface area contributed by atoms with Crippen LogP contribution in [0, 0.1) is 0 Å². The van der Waals surface area contributed by atoms with E-state index < -0.39 is 0 Å². The van der Waals surface area contributed by atoms with Crippen LogP contribution in [0.2, 0.25) is 0 Å². The van der Waals surface area contributed by atoms with Gasteiger partial charge in [-0.1, -0.05) is 24.3 Å². The number of fused-ring (bicyclic) bond motifs is 1. The van der Waals surface area contributed by atoms with Gasteiger partial charge in [-0.05, 0) is 56.4 Å². The number of nitrogens with one attached hydrogen (secondary N) is 2. The smallest absolute Gasteiger partial charge is 0.270 e. The molecule has 1 unspecified atom stereocenters. The number of aromatic nitrogens is 2. The van der Waals surface area contributed by atoms with Gasteiger partial charge in [-0.25, -0.2) is 0 Å². The molecule has 28 heavy (non-hydrogen) atoms. The molecular weight excluding hydrogens is 348 g/mol. The number of pyridine rings is 1. The predicted octanol–water partition coefficient (Wildman–Crippen LogP) is 4.13. The molecule has 2 heterocycles. The van der Waals surface area contributed by atoms with E-state index in [4.69, 9.17) is 0 Å². The molecule has 0 spiro atoms. The molecule has 0 bridgehead atoms. The largest absolute Gasteiger partial charge is 0.351 e. The van der Waals surface area contributed by atoms with Crippen molar-refractivity contribution in [1.82, 2.24) is 20.2 Å². The highest BCUT2D eigenvalue weighted by molar-refractivity contribution is 5.98. The van der Waals surface area contributed by atoms with E-state index in [2.05, 4.69) is 28.3 Å². The quantitative estimate of drug-likeness (QED) is 0.680. The molecule has 2 aromatic heterocycles. The van der Waals surface area contributed by atoms with Crippen molar-refractivity contribution in [2.24, 2.45) is 0 Å². The number of carbonyl (C=O) groups excluding carboxylic acids is 1. The van der Waals surface area contributed by atoms with Crippen LogP contribution in [0.25, 0.3) is 10.9 Å². The standard InChI is InChI=1S/C23H28N4O/c1-2-27(23(28)22-13-18-8-3-4-11-21(18)26-22)20-10-5-9-19(14-20)25-16-17-7-6-12-24-15-17/h3-4,6-8,11-13,15,19-20,25-26H,2,5,9-10,14,16H2,1H3/t19?,20-/m0/s1. The second kappa shape index (κ2) is 8.57. The summed E-state index contributed by atoms with van der Waals surface area (Å²) in [6.45, 7) is 3.63. The van der Waals surface area contributed by atoms with E-state index in [-0.39, 0.29) is 11.9 Å². The Balaban J connectivity index is 1.42. The monoisotopic (exact) mass is 376 g/mol. The van der Waals surface area contributed by atoms with E-state index in [1.54, 1.807) is 6.20 Å². The van der Waals surface area contributed by atoms with Gasteiger partial charge in [0.05, 0.1) is 0 Å². The number of hydrogen-bond acceptors (Lipinski definition) is 3. The molecule has 5 nitrogen and oxygen atoms in total. The van der Waals surface area contributed by atoms with Gasteiger partial charge in [0.25, 0.3) is 5.91 Å². The maximum absolute atomic E-state index is 13.2. The minimum atomic E-state index is 0.108. The van der Waals surface area contributed by atoms with Crippen molar-refractivity contribution in [2.75, 3.05) is 6.54 Å². The van der Waals surface area contributed by atoms with Crippen LogP contribution in [0.3, 0.4) is 0 Å². The molecule has 1 aliphatic carbocycles. The van der Waals surface area contributed by atoms with Gasteiger partial charge in [0, 0.05) is 48.5 Å². The molecule has 146 valence electrons. The van der Waals surface area contributed by atoms with Gasteiger partial charge < -0.3 is 15.2 Å². The molecule has 0 saturated heterocycles. The summed E-state index contributed by atoms with van der Waals surface area (Å²) in [7, 11) is 0. The van der Waals surface area contributed by atoms with E-state index in [0.29, 0.717) is 11.7 Å². The van der Waals surface area contributed by atoms with Crippen molar-refractivity contribution < 1.29 is 4.79 Å². The number of carbonyl (C=O) groups is 1. The molecule has 1 fully saturated rings. The second-order valence-corrected chi connectivity index (χ2v) is 7.62. The average molecular weight is 377 g/mol. The fraction of sp³-hybridized carbons (Fsp3) is 0.391. The van der Waals surface area contributed by atoms with Crippen molar-refractivity contribution in [3.63, 3.8) is 0 Å². The van der Waals surface area contributed by atoms with Crippen LogP contribution < -0.4 is 5.32 Å². The summed E-state index contributed by atoms with van der Waals surface area (Å²) >= 11 is 0. The first kappa shape index (κ1) is 18.7. The van der Waals surface area contributed by atoms with Crippen LogP contribution >= 0.6 is 0 Å². The normalized spacial score (nSPS) is 19.6.